The third-order valence-corrected chi connectivity index (χ3v) is 2.79. The molecule has 2 N–H and O–H groups in total. The highest BCUT2D eigenvalue weighted by molar-refractivity contribution is 9.10. The molecular formula is C9H13BrN4O4. The van der Waals surface area contributed by atoms with Crippen LogP contribution >= 0.6 is 15.9 Å². The Labute approximate surface area is 111 Å². The van der Waals surface area contributed by atoms with Crippen LogP contribution in [0.4, 0.5) is 5.82 Å². The van der Waals surface area contributed by atoms with E-state index in [1.54, 1.807) is 0 Å². The molecule has 1 amide bonds. The fourth-order valence-electron chi connectivity index (χ4n) is 1.19. The van der Waals surface area contributed by atoms with Crippen LogP contribution in [0.1, 0.15) is 23.8 Å². The number of carbonyl (C=O) groups excluding carboxylic acids is 1. The van der Waals surface area contributed by atoms with Gasteiger partial charge in [0, 0.05) is 19.8 Å². The molecule has 9 heteroatoms. The molecule has 100 valence electrons. The van der Waals surface area contributed by atoms with Gasteiger partial charge in [0.2, 0.25) is 0 Å². The summed E-state index contributed by atoms with van der Waals surface area (Å²) in [5.74, 6) is -0.808. The zero-order chi connectivity index (χ0) is 13.5. The number of carbonyl (C=O) groups is 1. The van der Waals surface area contributed by atoms with Gasteiger partial charge in [-0.25, -0.2) is 0 Å². The van der Waals surface area contributed by atoms with Gasteiger partial charge >= 0.3 is 5.82 Å². The van der Waals surface area contributed by atoms with Gasteiger partial charge in [0.05, 0.1) is 0 Å². The molecule has 1 rings (SSSR count). The predicted molar refractivity (Wildman–Crippen MR) is 66.4 cm³/mol. The van der Waals surface area contributed by atoms with Crippen LogP contribution in [0.3, 0.4) is 0 Å². The molecule has 1 aromatic heterocycles. The first-order chi connectivity index (χ1) is 8.57. The SMILES string of the molecule is CCOCCCNC(=O)c1n[nH]c([N+](=O)[O-])c1Br. The molecule has 0 saturated heterocycles. The smallest absolute Gasteiger partial charge is 0.357 e. The lowest BCUT2D eigenvalue weighted by atomic mass is 10.3. The number of ether oxygens (including phenoxy) is 1. The molecule has 0 aliphatic rings. The first kappa shape index (κ1) is 14.6. The molecule has 0 saturated carbocycles. The summed E-state index contributed by atoms with van der Waals surface area (Å²) in [6.45, 7) is 3.49. The molecule has 18 heavy (non-hydrogen) atoms. The molecule has 0 spiro atoms. The summed E-state index contributed by atoms with van der Waals surface area (Å²) in [6.07, 6.45) is 0.670. The number of nitrogens with one attached hydrogen (secondary N) is 2. The Morgan fingerprint density at radius 2 is 2.39 bits per heavy atom. The van der Waals surface area contributed by atoms with Crippen LogP contribution < -0.4 is 5.32 Å². The molecule has 0 aliphatic heterocycles. The van der Waals surface area contributed by atoms with Gasteiger partial charge in [-0.3, -0.25) is 4.79 Å². The maximum Gasteiger partial charge on any atom is 0.357 e. The van der Waals surface area contributed by atoms with E-state index in [0.29, 0.717) is 26.2 Å². The Morgan fingerprint density at radius 1 is 1.67 bits per heavy atom. The second kappa shape index (κ2) is 7.07. The second-order valence-electron chi connectivity index (χ2n) is 3.30. The van der Waals surface area contributed by atoms with E-state index in [1.807, 2.05) is 6.92 Å². The molecule has 0 bridgehead atoms. The number of H-pyrrole nitrogens is 1. The summed E-state index contributed by atoms with van der Waals surface area (Å²) in [5, 5.41) is 18.9. The Morgan fingerprint density at radius 3 is 2.94 bits per heavy atom. The van der Waals surface area contributed by atoms with Gasteiger partial charge in [0.1, 0.15) is 4.47 Å². The minimum absolute atomic E-state index is 0.0295. The molecule has 0 aliphatic carbocycles. The van der Waals surface area contributed by atoms with Crippen LogP contribution in [-0.4, -0.2) is 40.8 Å². The third-order valence-electron chi connectivity index (χ3n) is 2.04. The second-order valence-corrected chi connectivity index (χ2v) is 4.09. The minimum Gasteiger partial charge on any atom is -0.382 e. The number of nitro groups is 1. The Hall–Kier alpha value is -1.48. The molecule has 0 unspecified atom stereocenters. The zero-order valence-electron chi connectivity index (χ0n) is 9.73. The standard InChI is InChI=1S/C9H13BrN4O4/c1-2-18-5-3-4-11-9(15)7-6(10)8(13-12-7)14(16)17/h2-5H2,1H3,(H,11,15)(H,12,13). The zero-order valence-corrected chi connectivity index (χ0v) is 11.3. The first-order valence-corrected chi connectivity index (χ1v) is 6.11. The number of aromatic nitrogens is 2. The fraction of sp³-hybridized carbons (Fsp3) is 0.556. The summed E-state index contributed by atoms with van der Waals surface area (Å²) in [4.78, 5) is 21.5. The van der Waals surface area contributed by atoms with Gasteiger partial charge in [-0.1, -0.05) is 5.10 Å². The Kier molecular flexibility index (Phi) is 5.72. The van der Waals surface area contributed by atoms with Crippen molar-refractivity contribution in [2.75, 3.05) is 19.8 Å². The van der Waals surface area contributed by atoms with E-state index in [1.165, 1.54) is 0 Å². The Bertz CT molecular complexity index is 434. The van der Waals surface area contributed by atoms with Gasteiger partial charge in [0.25, 0.3) is 5.91 Å². The quantitative estimate of drug-likeness (QED) is 0.446. The molecule has 0 aromatic carbocycles. The van der Waals surface area contributed by atoms with E-state index in [4.69, 9.17) is 4.74 Å². The topological polar surface area (TPSA) is 110 Å². The predicted octanol–water partition coefficient (Wildman–Crippen LogP) is 1.24. The number of aromatic amines is 1. The highest BCUT2D eigenvalue weighted by Gasteiger charge is 2.24. The van der Waals surface area contributed by atoms with Crippen LogP contribution in [0, 0.1) is 10.1 Å². The molecule has 1 aromatic rings. The number of halogens is 1. The summed E-state index contributed by atoms with van der Waals surface area (Å²) in [7, 11) is 0. The average molecular weight is 321 g/mol. The minimum atomic E-state index is -0.650. The van der Waals surface area contributed by atoms with Crippen molar-refractivity contribution in [1.29, 1.82) is 0 Å². The van der Waals surface area contributed by atoms with Crippen molar-refractivity contribution in [3.63, 3.8) is 0 Å². The largest absolute Gasteiger partial charge is 0.382 e. The fourth-order valence-corrected chi connectivity index (χ4v) is 1.70. The highest BCUT2D eigenvalue weighted by Crippen LogP contribution is 2.25. The lowest BCUT2D eigenvalue weighted by Gasteiger charge is -2.03. The van der Waals surface area contributed by atoms with Gasteiger partial charge in [-0.05, 0) is 34.2 Å². The van der Waals surface area contributed by atoms with Gasteiger partial charge in [0.15, 0.2) is 5.69 Å². The van der Waals surface area contributed by atoms with Crippen molar-refractivity contribution in [3.05, 3.63) is 20.3 Å². The first-order valence-electron chi connectivity index (χ1n) is 5.32. The normalized spacial score (nSPS) is 10.3. The van der Waals surface area contributed by atoms with E-state index >= 15 is 0 Å². The Balaban J connectivity index is 2.49. The van der Waals surface area contributed by atoms with Crippen molar-refractivity contribution in [2.45, 2.75) is 13.3 Å². The van der Waals surface area contributed by atoms with E-state index in [9.17, 15) is 14.9 Å². The third kappa shape index (κ3) is 3.77. The lowest BCUT2D eigenvalue weighted by molar-refractivity contribution is -0.390. The van der Waals surface area contributed by atoms with E-state index in [2.05, 4.69) is 31.4 Å². The van der Waals surface area contributed by atoms with Gasteiger partial charge < -0.3 is 20.2 Å². The van der Waals surface area contributed by atoms with Crippen molar-refractivity contribution < 1.29 is 14.5 Å². The number of rotatable bonds is 7. The van der Waals surface area contributed by atoms with Crippen molar-refractivity contribution in [1.82, 2.24) is 15.5 Å². The molecular weight excluding hydrogens is 308 g/mol. The van der Waals surface area contributed by atoms with Crippen LogP contribution in [0.15, 0.2) is 4.47 Å². The highest BCUT2D eigenvalue weighted by atomic mass is 79.9. The lowest BCUT2D eigenvalue weighted by Crippen LogP contribution is -2.26. The molecule has 0 fully saturated rings. The average Bonchev–Trinajstić information content (AvgIpc) is 2.70. The van der Waals surface area contributed by atoms with Crippen LogP contribution in [-0.2, 0) is 4.74 Å². The van der Waals surface area contributed by atoms with Crippen molar-refractivity contribution in [2.24, 2.45) is 0 Å². The van der Waals surface area contributed by atoms with Crippen LogP contribution in [0.25, 0.3) is 0 Å². The van der Waals surface area contributed by atoms with E-state index < -0.39 is 10.8 Å². The van der Waals surface area contributed by atoms with Gasteiger partial charge in [-0.2, -0.15) is 0 Å². The number of amides is 1. The van der Waals surface area contributed by atoms with Crippen LogP contribution in [0.5, 0.6) is 0 Å². The number of hydrogen-bond acceptors (Lipinski definition) is 5. The maximum absolute atomic E-state index is 11.6. The molecule has 0 atom stereocenters. The van der Waals surface area contributed by atoms with E-state index in [0.717, 1.165) is 0 Å². The summed E-state index contributed by atoms with van der Waals surface area (Å²) >= 11 is 2.97. The summed E-state index contributed by atoms with van der Waals surface area (Å²) in [6, 6.07) is 0. The van der Waals surface area contributed by atoms with Crippen LogP contribution in [0.2, 0.25) is 0 Å². The van der Waals surface area contributed by atoms with Crippen molar-refractivity contribution >= 4 is 27.7 Å². The number of hydrogen-bond donors (Lipinski definition) is 2. The van der Waals surface area contributed by atoms with Crippen molar-refractivity contribution in [3.8, 4) is 0 Å². The maximum atomic E-state index is 11.6. The monoisotopic (exact) mass is 320 g/mol. The number of nitrogens with zero attached hydrogens (tertiary/aromatic N) is 2. The summed E-state index contributed by atoms with van der Waals surface area (Å²) in [5.41, 5.74) is -0.0295. The summed E-state index contributed by atoms with van der Waals surface area (Å²) < 4.78 is 5.16. The van der Waals surface area contributed by atoms with Gasteiger partial charge in [-0.15, -0.1) is 5.10 Å². The van der Waals surface area contributed by atoms with E-state index in [-0.39, 0.29) is 16.0 Å². The molecule has 0 radical (unpaired) electrons. The molecule has 8 nitrogen and oxygen atoms in total. The molecule has 1 heterocycles.